The lowest BCUT2D eigenvalue weighted by atomic mass is 9.73. The molecule has 1 fully saturated rings. The summed E-state index contributed by atoms with van der Waals surface area (Å²) in [6, 6.07) is 45.3. The van der Waals surface area contributed by atoms with Crippen LogP contribution in [-0.4, -0.2) is 33.3 Å². The van der Waals surface area contributed by atoms with Crippen LogP contribution >= 0.6 is 0 Å². The van der Waals surface area contributed by atoms with Crippen LogP contribution in [-0.2, 0) is 9.31 Å². The summed E-state index contributed by atoms with van der Waals surface area (Å²) >= 11 is 0. The first kappa shape index (κ1) is 28.8. The Labute approximate surface area is 265 Å². The molecule has 6 aromatic rings. The normalized spacial score (nSPS) is 15.2. The van der Waals surface area contributed by atoms with Gasteiger partial charge in [-0.2, -0.15) is 0 Å². The fourth-order valence-electron chi connectivity index (χ4n) is 5.63. The SMILES string of the molecule is CC1(C)OB(c2ccc(-c3ccccc3-c3nc(-c4ccccc4)nc(-c4ccccc4)n3)cc2-c2ccccc2)OC1(C)C. The van der Waals surface area contributed by atoms with Gasteiger partial charge in [0, 0.05) is 16.7 Å². The smallest absolute Gasteiger partial charge is 0.399 e. The van der Waals surface area contributed by atoms with E-state index in [2.05, 4.69) is 88.4 Å². The van der Waals surface area contributed by atoms with Crippen molar-refractivity contribution < 1.29 is 9.31 Å². The van der Waals surface area contributed by atoms with Gasteiger partial charge < -0.3 is 9.31 Å². The number of rotatable bonds is 6. The lowest BCUT2D eigenvalue weighted by Crippen LogP contribution is -2.41. The van der Waals surface area contributed by atoms with E-state index in [-0.39, 0.29) is 0 Å². The minimum absolute atomic E-state index is 0.442. The van der Waals surface area contributed by atoms with Crippen molar-refractivity contribution >= 4 is 12.6 Å². The molecule has 1 aliphatic heterocycles. The van der Waals surface area contributed by atoms with E-state index in [9.17, 15) is 0 Å². The van der Waals surface area contributed by atoms with E-state index in [1.165, 1.54) is 0 Å². The average Bonchev–Trinajstić information content (AvgIpc) is 3.31. The molecular weight excluding hydrogens is 553 g/mol. The van der Waals surface area contributed by atoms with Crippen LogP contribution in [0.25, 0.3) is 56.4 Å². The molecule has 5 nitrogen and oxygen atoms in total. The molecule has 0 atom stereocenters. The highest BCUT2D eigenvalue weighted by Crippen LogP contribution is 2.39. The molecule has 0 aliphatic carbocycles. The van der Waals surface area contributed by atoms with Gasteiger partial charge in [0.1, 0.15) is 0 Å². The predicted octanol–water partition coefficient (Wildman–Crippen LogP) is 8.51. The average molecular weight is 588 g/mol. The summed E-state index contributed by atoms with van der Waals surface area (Å²) in [7, 11) is -0.486. The van der Waals surface area contributed by atoms with Crippen LogP contribution < -0.4 is 5.46 Å². The van der Waals surface area contributed by atoms with Gasteiger partial charge in [-0.15, -0.1) is 0 Å². The number of benzene rings is 5. The van der Waals surface area contributed by atoms with Crippen molar-refractivity contribution in [1.82, 2.24) is 15.0 Å². The molecule has 1 saturated heterocycles. The van der Waals surface area contributed by atoms with Gasteiger partial charge in [-0.1, -0.05) is 127 Å². The number of hydrogen-bond acceptors (Lipinski definition) is 5. The molecule has 0 radical (unpaired) electrons. The largest absolute Gasteiger partial charge is 0.495 e. The quantitative estimate of drug-likeness (QED) is 0.183. The van der Waals surface area contributed by atoms with Crippen molar-refractivity contribution in [2.75, 3.05) is 0 Å². The Kier molecular flexibility index (Phi) is 7.40. The summed E-state index contributed by atoms with van der Waals surface area (Å²) < 4.78 is 13.0. The summed E-state index contributed by atoms with van der Waals surface area (Å²) in [5.74, 6) is 1.89. The maximum Gasteiger partial charge on any atom is 0.495 e. The van der Waals surface area contributed by atoms with Crippen LogP contribution in [0.5, 0.6) is 0 Å². The molecular formula is C39H34BN3O2. The fourth-order valence-corrected chi connectivity index (χ4v) is 5.63. The van der Waals surface area contributed by atoms with E-state index in [1.54, 1.807) is 0 Å². The molecule has 220 valence electrons. The molecule has 2 heterocycles. The third-order valence-electron chi connectivity index (χ3n) is 8.82. The summed E-state index contributed by atoms with van der Waals surface area (Å²) in [6.07, 6.45) is 0. The Morgan fingerprint density at radius 1 is 0.422 bits per heavy atom. The van der Waals surface area contributed by atoms with Crippen molar-refractivity contribution in [3.05, 3.63) is 133 Å². The molecule has 0 bridgehead atoms. The van der Waals surface area contributed by atoms with Gasteiger partial charge in [0.15, 0.2) is 17.5 Å². The fraction of sp³-hybridized carbons (Fsp3) is 0.154. The Bertz CT molecular complexity index is 1890. The molecule has 0 amide bonds. The lowest BCUT2D eigenvalue weighted by molar-refractivity contribution is 0.00578. The second-order valence-electron chi connectivity index (χ2n) is 12.3. The Hall–Kier alpha value is -4.91. The van der Waals surface area contributed by atoms with Gasteiger partial charge in [0.2, 0.25) is 0 Å². The van der Waals surface area contributed by atoms with Crippen LogP contribution in [0, 0.1) is 0 Å². The highest BCUT2D eigenvalue weighted by atomic mass is 16.7. The molecule has 0 saturated carbocycles. The maximum atomic E-state index is 6.51. The second kappa shape index (κ2) is 11.5. The zero-order chi connectivity index (χ0) is 31.0. The van der Waals surface area contributed by atoms with Gasteiger partial charge >= 0.3 is 7.12 Å². The van der Waals surface area contributed by atoms with E-state index in [0.29, 0.717) is 17.5 Å². The Balaban J connectivity index is 1.38. The first-order chi connectivity index (χ1) is 21.8. The molecule has 7 rings (SSSR count). The zero-order valence-corrected chi connectivity index (χ0v) is 25.9. The summed E-state index contributed by atoms with van der Waals surface area (Å²) in [6.45, 7) is 8.34. The maximum absolute atomic E-state index is 6.51. The van der Waals surface area contributed by atoms with Crippen LogP contribution in [0.2, 0.25) is 0 Å². The van der Waals surface area contributed by atoms with Crippen molar-refractivity contribution in [3.63, 3.8) is 0 Å². The zero-order valence-electron chi connectivity index (χ0n) is 25.9. The van der Waals surface area contributed by atoms with Crippen LogP contribution in [0.1, 0.15) is 27.7 Å². The minimum Gasteiger partial charge on any atom is -0.399 e. The van der Waals surface area contributed by atoms with E-state index >= 15 is 0 Å². The molecule has 0 unspecified atom stereocenters. The minimum atomic E-state index is -0.486. The predicted molar refractivity (Wildman–Crippen MR) is 183 cm³/mol. The van der Waals surface area contributed by atoms with Gasteiger partial charge in [-0.25, -0.2) is 15.0 Å². The number of nitrogens with zero attached hydrogens (tertiary/aromatic N) is 3. The molecule has 0 N–H and O–H groups in total. The molecule has 45 heavy (non-hydrogen) atoms. The molecule has 6 heteroatoms. The molecule has 1 aliphatic rings. The number of aromatic nitrogens is 3. The first-order valence-electron chi connectivity index (χ1n) is 15.3. The highest BCUT2D eigenvalue weighted by molar-refractivity contribution is 6.64. The van der Waals surface area contributed by atoms with E-state index < -0.39 is 18.3 Å². The third-order valence-corrected chi connectivity index (χ3v) is 8.82. The molecule has 5 aromatic carbocycles. The standard InChI is InChI=1S/C39H34BN3O2/c1-38(2)39(3,4)45-40(44-38)34-25-24-30(26-33(34)27-16-8-5-9-17-27)31-22-14-15-23-32(31)37-42-35(28-18-10-6-11-19-28)41-36(43-37)29-20-12-7-13-21-29/h5-26H,1-4H3. The van der Waals surface area contributed by atoms with Gasteiger partial charge in [-0.05, 0) is 61.5 Å². The van der Waals surface area contributed by atoms with Gasteiger partial charge in [0.25, 0.3) is 0 Å². The second-order valence-corrected chi connectivity index (χ2v) is 12.3. The topological polar surface area (TPSA) is 57.1 Å². The van der Waals surface area contributed by atoms with Crippen molar-refractivity contribution in [2.45, 2.75) is 38.9 Å². The van der Waals surface area contributed by atoms with Crippen LogP contribution in [0.15, 0.2) is 133 Å². The van der Waals surface area contributed by atoms with Crippen molar-refractivity contribution in [3.8, 4) is 56.4 Å². The van der Waals surface area contributed by atoms with E-state index in [4.69, 9.17) is 24.3 Å². The highest BCUT2D eigenvalue weighted by Gasteiger charge is 2.52. The van der Waals surface area contributed by atoms with Crippen molar-refractivity contribution in [1.29, 1.82) is 0 Å². The van der Waals surface area contributed by atoms with Crippen LogP contribution in [0.4, 0.5) is 0 Å². The van der Waals surface area contributed by atoms with Crippen molar-refractivity contribution in [2.24, 2.45) is 0 Å². The number of hydrogen-bond donors (Lipinski definition) is 0. The lowest BCUT2D eigenvalue weighted by Gasteiger charge is -2.32. The first-order valence-corrected chi connectivity index (χ1v) is 15.3. The summed E-state index contributed by atoms with van der Waals surface area (Å²) in [5.41, 5.74) is 7.15. The summed E-state index contributed by atoms with van der Waals surface area (Å²) in [4.78, 5) is 14.9. The van der Waals surface area contributed by atoms with E-state index in [1.807, 2.05) is 72.8 Å². The van der Waals surface area contributed by atoms with E-state index in [0.717, 1.165) is 44.4 Å². The van der Waals surface area contributed by atoms with Crippen LogP contribution in [0.3, 0.4) is 0 Å². The monoisotopic (exact) mass is 587 g/mol. The summed E-state index contributed by atoms with van der Waals surface area (Å²) in [5, 5.41) is 0. The van der Waals surface area contributed by atoms with Gasteiger partial charge in [0.05, 0.1) is 11.2 Å². The van der Waals surface area contributed by atoms with Gasteiger partial charge in [-0.3, -0.25) is 0 Å². The Morgan fingerprint density at radius 3 is 1.40 bits per heavy atom. The third kappa shape index (κ3) is 5.59. The molecule has 0 spiro atoms. The molecule has 1 aromatic heterocycles. The Morgan fingerprint density at radius 2 is 0.867 bits per heavy atom.